The lowest BCUT2D eigenvalue weighted by molar-refractivity contribution is -0.205. The zero-order valence-electron chi connectivity index (χ0n) is 12.2. The minimum atomic E-state index is -0.909. The van der Waals surface area contributed by atoms with Crippen LogP contribution in [0, 0.1) is 0 Å². The van der Waals surface area contributed by atoms with E-state index in [1.165, 1.54) is 13.8 Å². The molecule has 0 amide bonds. The lowest BCUT2D eigenvalue weighted by Crippen LogP contribution is -2.28. The summed E-state index contributed by atoms with van der Waals surface area (Å²) in [6.07, 6.45) is -4.08. The van der Waals surface area contributed by atoms with Gasteiger partial charge in [-0.15, -0.1) is 0 Å². The summed E-state index contributed by atoms with van der Waals surface area (Å²) >= 11 is 0. The Kier molecular flexibility index (Phi) is 7.90. The van der Waals surface area contributed by atoms with E-state index in [-0.39, 0.29) is 12.2 Å². The van der Waals surface area contributed by atoms with E-state index in [9.17, 15) is 9.59 Å². The molecule has 0 fully saturated rings. The number of rotatable bonds is 6. The highest BCUT2D eigenvalue weighted by Crippen LogP contribution is 2.06. The monoisotopic (exact) mass is 278 g/mol. The van der Waals surface area contributed by atoms with Gasteiger partial charge in [-0.3, -0.25) is 0 Å². The first kappa shape index (κ1) is 17.5. The maximum Gasteiger partial charge on any atom is 0.510 e. The molecular formula is C12H22O7. The fourth-order valence-electron chi connectivity index (χ4n) is 1.04. The van der Waals surface area contributed by atoms with E-state index in [2.05, 4.69) is 0 Å². The van der Waals surface area contributed by atoms with Gasteiger partial charge in [0.05, 0.1) is 12.2 Å². The van der Waals surface area contributed by atoms with E-state index in [4.69, 9.17) is 23.7 Å². The van der Waals surface area contributed by atoms with Gasteiger partial charge in [0.2, 0.25) is 12.6 Å². The maximum atomic E-state index is 11.2. The molecule has 0 N–H and O–H groups in total. The van der Waals surface area contributed by atoms with Crippen LogP contribution >= 0.6 is 0 Å². The molecule has 0 aliphatic heterocycles. The minimum absolute atomic E-state index is 0.283. The Balaban J connectivity index is 3.95. The third-order valence-corrected chi connectivity index (χ3v) is 1.57. The Morgan fingerprint density at radius 2 is 0.947 bits per heavy atom. The second kappa shape index (κ2) is 8.58. The summed E-state index contributed by atoms with van der Waals surface area (Å²) in [4.78, 5) is 22.3. The average Bonchev–Trinajstić information content (AvgIpc) is 2.12. The van der Waals surface area contributed by atoms with Gasteiger partial charge in [-0.05, 0) is 41.5 Å². The predicted octanol–water partition coefficient (Wildman–Crippen LogP) is 2.82. The highest BCUT2D eigenvalue weighted by molar-refractivity contribution is 5.60. The van der Waals surface area contributed by atoms with Gasteiger partial charge < -0.3 is 23.7 Å². The lowest BCUT2D eigenvalue weighted by atomic mass is 10.5. The quantitative estimate of drug-likeness (QED) is 0.545. The Hall–Kier alpha value is -1.50. The van der Waals surface area contributed by atoms with Crippen LogP contribution < -0.4 is 0 Å². The zero-order valence-corrected chi connectivity index (χ0v) is 12.2. The fraction of sp³-hybridized carbons (Fsp3) is 0.833. The van der Waals surface area contributed by atoms with Crippen LogP contribution in [-0.4, -0.2) is 37.1 Å². The van der Waals surface area contributed by atoms with Gasteiger partial charge in [-0.2, -0.15) is 0 Å². The lowest BCUT2D eigenvalue weighted by Gasteiger charge is -2.19. The van der Waals surface area contributed by atoms with Crippen molar-refractivity contribution in [3.05, 3.63) is 0 Å². The normalized spacial score (nSPS) is 13.9. The summed E-state index contributed by atoms with van der Waals surface area (Å²) in [6.45, 7) is 9.74. The molecule has 0 bridgehead atoms. The first-order valence-corrected chi connectivity index (χ1v) is 6.10. The van der Waals surface area contributed by atoms with Crippen molar-refractivity contribution < 1.29 is 33.3 Å². The average molecular weight is 278 g/mol. The summed E-state index contributed by atoms with van der Waals surface area (Å²) in [5.74, 6) is 0. The molecule has 112 valence electrons. The Bertz CT molecular complexity index is 260. The number of carbonyl (C=O) groups excluding carboxylic acids is 2. The molecule has 0 heterocycles. The second-order valence-electron chi connectivity index (χ2n) is 4.34. The van der Waals surface area contributed by atoms with Gasteiger partial charge in [-0.1, -0.05) is 0 Å². The minimum Gasteiger partial charge on any atom is -0.432 e. The number of hydrogen-bond donors (Lipinski definition) is 0. The van der Waals surface area contributed by atoms with Crippen LogP contribution in [0.3, 0.4) is 0 Å². The van der Waals surface area contributed by atoms with E-state index in [1.807, 2.05) is 0 Å². The van der Waals surface area contributed by atoms with E-state index in [0.717, 1.165) is 0 Å². The molecule has 0 aliphatic carbocycles. The maximum absolute atomic E-state index is 11.2. The molecule has 0 rings (SSSR count). The van der Waals surface area contributed by atoms with Crippen molar-refractivity contribution in [2.75, 3.05) is 0 Å². The first-order valence-electron chi connectivity index (χ1n) is 6.10. The second-order valence-corrected chi connectivity index (χ2v) is 4.34. The van der Waals surface area contributed by atoms with Gasteiger partial charge in [0.25, 0.3) is 0 Å². The molecule has 19 heavy (non-hydrogen) atoms. The summed E-state index contributed by atoms with van der Waals surface area (Å²) in [5.41, 5.74) is 0. The topological polar surface area (TPSA) is 80.3 Å². The molecule has 0 saturated carbocycles. The molecule has 7 heteroatoms. The molecule has 0 spiro atoms. The third kappa shape index (κ3) is 10.1. The van der Waals surface area contributed by atoms with Crippen LogP contribution in [0.15, 0.2) is 0 Å². The van der Waals surface area contributed by atoms with Crippen LogP contribution in [0.2, 0.25) is 0 Å². The van der Waals surface area contributed by atoms with Gasteiger partial charge in [0, 0.05) is 0 Å². The Morgan fingerprint density at radius 3 is 1.21 bits per heavy atom. The highest BCUT2D eigenvalue weighted by Gasteiger charge is 2.18. The van der Waals surface area contributed by atoms with E-state index >= 15 is 0 Å². The third-order valence-electron chi connectivity index (χ3n) is 1.57. The number of hydrogen-bond acceptors (Lipinski definition) is 7. The molecule has 0 aliphatic rings. The molecule has 0 aromatic heterocycles. The van der Waals surface area contributed by atoms with Crippen LogP contribution in [0.1, 0.15) is 41.5 Å². The van der Waals surface area contributed by atoms with Crippen LogP contribution in [0.5, 0.6) is 0 Å². The Labute approximate surface area is 113 Å². The van der Waals surface area contributed by atoms with Gasteiger partial charge >= 0.3 is 12.3 Å². The van der Waals surface area contributed by atoms with Crippen molar-refractivity contribution in [3.63, 3.8) is 0 Å². The van der Waals surface area contributed by atoms with Crippen molar-refractivity contribution in [1.29, 1.82) is 0 Å². The molecule has 0 aromatic carbocycles. The molecular weight excluding hydrogens is 256 g/mol. The van der Waals surface area contributed by atoms with Gasteiger partial charge in [0.1, 0.15) is 0 Å². The molecule has 7 nitrogen and oxygen atoms in total. The summed E-state index contributed by atoms with van der Waals surface area (Å²) in [5, 5.41) is 0. The fourth-order valence-corrected chi connectivity index (χ4v) is 1.04. The van der Waals surface area contributed by atoms with Crippen LogP contribution in [0.4, 0.5) is 9.59 Å². The standard InChI is InChI=1S/C12H22O7/c1-7(2)15-11(13)18-9(5)17-10(6)19-12(14)16-8(3)4/h7-10H,1-6H3. The summed E-state index contributed by atoms with van der Waals surface area (Å²) < 4.78 is 24.2. The van der Waals surface area contributed by atoms with E-state index < -0.39 is 24.9 Å². The van der Waals surface area contributed by atoms with Crippen molar-refractivity contribution in [1.82, 2.24) is 0 Å². The van der Waals surface area contributed by atoms with E-state index in [1.54, 1.807) is 27.7 Å². The molecule has 0 aromatic rings. The molecule has 0 radical (unpaired) electrons. The van der Waals surface area contributed by atoms with Gasteiger partial charge in [-0.25, -0.2) is 9.59 Å². The van der Waals surface area contributed by atoms with Crippen molar-refractivity contribution >= 4 is 12.3 Å². The van der Waals surface area contributed by atoms with E-state index in [0.29, 0.717) is 0 Å². The van der Waals surface area contributed by atoms with Crippen LogP contribution in [0.25, 0.3) is 0 Å². The van der Waals surface area contributed by atoms with Gasteiger partial charge in [0.15, 0.2) is 0 Å². The van der Waals surface area contributed by atoms with Crippen molar-refractivity contribution in [2.45, 2.75) is 66.3 Å². The van der Waals surface area contributed by atoms with Crippen LogP contribution in [-0.2, 0) is 23.7 Å². The van der Waals surface area contributed by atoms with Crippen molar-refractivity contribution in [3.8, 4) is 0 Å². The highest BCUT2D eigenvalue weighted by atomic mass is 16.8. The predicted molar refractivity (Wildman–Crippen MR) is 65.4 cm³/mol. The molecule has 2 unspecified atom stereocenters. The SMILES string of the molecule is CC(C)OC(=O)OC(C)OC(C)OC(=O)OC(C)C. The molecule has 2 atom stereocenters. The summed E-state index contributed by atoms with van der Waals surface area (Å²) in [6, 6.07) is 0. The largest absolute Gasteiger partial charge is 0.510 e. The number of ether oxygens (including phenoxy) is 5. The summed E-state index contributed by atoms with van der Waals surface area (Å²) in [7, 11) is 0. The zero-order chi connectivity index (χ0) is 15.0. The number of carbonyl (C=O) groups is 2. The van der Waals surface area contributed by atoms with Crippen molar-refractivity contribution in [2.24, 2.45) is 0 Å². The smallest absolute Gasteiger partial charge is 0.432 e. The Morgan fingerprint density at radius 1 is 0.632 bits per heavy atom. The molecule has 0 saturated heterocycles. The first-order chi connectivity index (χ1) is 8.70.